The van der Waals surface area contributed by atoms with Gasteiger partial charge in [0.05, 0.1) is 30.5 Å². The molecule has 2 bridgehead atoms. The number of carbonyl (C=O) groups excluding carboxylic acids is 5. The van der Waals surface area contributed by atoms with Crippen LogP contribution < -0.4 is 0 Å². The molecule has 0 aromatic carbocycles. The molecule has 0 spiro atoms. The first-order valence-corrected chi connectivity index (χ1v) is 23.9. The molecule has 3 aliphatic heterocycles. The lowest BCUT2D eigenvalue weighted by Crippen LogP contribution is -2.59. The van der Waals surface area contributed by atoms with Crippen molar-refractivity contribution < 1.29 is 62.3 Å². The van der Waals surface area contributed by atoms with Crippen LogP contribution in [0.3, 0.4) is 0 Å². The van der Waals surface area contributed by atoms with Gasteiger partial charge < -0.3 is 38.8 Å². The number of alkyl halides is 1. The maximum Gasteiger partial charge on any atom is 0.329 e. The molecule has 1 saturated carbocycles. The van der Waals surface area contributed by atoms with Crippen molar-refractivity contribution in [1.82, 2.24) is 4.90 Å². The third-order valence-electron chi connectivity index (χ3n) is 14.4. The Morgan fingerprint density at radius 2 is 1.60 bits per heavy atom. The van der Waals surface area contributed by atoms with E-state index in [0.29, 0.717) is 56.9 Å². The van der Waals surface area contributed by atoms with Crippen LogP contribution in [0.15, 0.2) is 47.6 Å². The summed E-state index contributed by atoms with van der Waals surface area (Å²) in [6.45, 7) is 12.5. The minimum Gasteiger partial charge on any atom is -0.460 e. The summed E-state index contributed by atoms with van der Waals surface area (Å²) in [6.07, 6.45) is 10.4. The smallest absolute Gasteiger partial charge is 0.329 e. The number of hydrogen-bond donors (Lipinski definition) is 2. The summed E-state index contributed by atoms with van der Waals surface area (Å²) in [5, 5.41) is 21.9. The number of piperidine rings is 1. The molecule has 2 N–H and O–H groups in total. The maximum atomic E-state index is 17.1. The Morgan fingerprint density at radius 3 is 2.28 bits per heavy atom. The van der Waals surface area contributed by atoms with Crippen molar-refractivity contribution in [2.24, 2.45) is 35.5 Å². The Balaban J connectivity index is 1.70. The number of halogens is 1. The van der Waals surface area contributed by atoms with Crippen LogP contribution in [0.25, 0.3) is 0 Å². The molecule has 13 nitrogen and oxygen atoms in total. The van der Waals surface area contributed by atoms with Crippen molar-refractivity contribution in [1.29, 1.82) is 0 Å². The van der Waals surface area contributed by atoms with Gasteiger partial charge in [-0.05, 0) is 107 Å². The van der Waals surface area contributed by atoms with E-state index in [0.717, 1.165) is 10.5 Å². The molecule has 2 saturated heterocycles. The highest BCUT2D eigenvalue weighted by Crippen LogP contribution is 2.40. The van der Waals surface area contributed by atoms with Crippen LogP contribution in [0.5, 0.6) is 0 Å². The zero-order valence-electron chi connectivity index (χ0n) is 40.5. The number of carbonyl (C=O) groups is 5. The number of fused-ring (bicyclic) bond motifs is 3. The summed E-state index contributed by atoms with van der Waals surface area (Å²) < 4.78 is 46.1. The lowest BCUT2D eigenvalue weighted by Gasteiger charge is -2.41. The number of allylic oxidation sites excluding steroid dienone is 6. The fourth-order valence-electron chi connectivity index (χ4n) is 10.1. The third kappa shape index (κ3) is 14.3. The lowest BCUT2D eigenvalue weighted by atomic mass is 9.78. The second kappa shape index (κ2) is 25.1. The molecule has 0 aromatic heterocycles. The molecule has 3 fully saturated rings. The fraction of sp³-hybridized carbons (Fsp3) is 0.745. The number of nitrogens with zero attached hydrogens (tertiary/aromatic N) is 1. The Morgan fingerprint density at radius 1 is 0.877 bits per heavy atom. The standard InChI is InChI=1S/C51H78FNO12/c1-30-16-12-11-13-17-31(2)42(61-8)28-38-21-19-36(7)51(52,65-38)48(58)49(59)53-23-15-14-18-39(53)50(60)64-43(33(4)26-37-20-22-40(54)44(27-37)62-9)29-41(55)32(3)25-35(6)46(57)47(63-10)45(56)34(5)24-30/h11-13,16-17,25,30,33-40,42-44,46-47,54,57H,14-15,18-24,26-29H2,1-10H3/t30-,33-,34-,35?,36-,37+,38+,39+,40-,42+,43+,44-,46-,47?,51-/m1/s1. The van der Waals surface area contributed by atoms with Crippen molar-refractivity contribution in [3.05, 3.63) is 47.6 Å². The van der Waals surface area contributed by atoms with E-state index >= 15 is 4.39 Å². The van der Waals surface area contributed by atoms with Gasteiger partial charge in [-0.1, -0.05) is 71.1 Å². The van der Waals surface area contributed by atoms with Crippen molar-refractivity contribution in [3.63, 3.8) is 0 Å². The zero-order valence-corrected chi connectivity index (χ0v) is 40.5. The Labute approximate surface area is 386 Å². The van der Waals surface area contributed by atoms with Crippen LogP contribution in [0.1, 0.15) is 126 Å². The number of amides is 1. The molecule has 1 aliphatic carbocycles. The molecule has 15 atom stereocenters. The Kier molecular flexibility index (Phi) is 20.9. The highest BCUT2D eigenvalue weighted by Gasteiger charge is 2.55. The summed E-state index contributed by atoms with van der Waals surface area (Å²) in [7, 11) is 4.48. The average molecular weight is 916 g/mol. The zero-order chi connectivity index (χ0) is 48.2. The van der Waals surface area contributed by atoms with Crippen molar-refractivity contribution >= 4 is 29.2 Å². The van der Waals surface area contributed by atoms with Gasteiger partial charge in [-0.15, -0.1) is 0 Å². The molecule has 4 aliphatic rings. The quantitative estimate of drug-likeness (QED) is 0.204. The summed E-state index contributed by atoms with van der Waals surface area (Å²) in [6, 6.07) is -1.20. The van der Waals surface area contributed by atoms with E-state index in [1.807, 2.05) is 58.1 Å². The van der Waals surface area contributed by atoms with E-state index in [-0.39, 0.29) is 67.7 Å². The normalized spacial score (nSPS) is 37.8. The lowest BCUT2D eigenvalue weighted by molar-refractivity contribution is -0.231. The van der Waals surface area contributed by atoms with E-state index < -0.39 is 83.9 Å². The Bertz CT molecular complexity index is 1760. The molecule has 65 heavy (non-hydrogen) atoms. The van der Waals surface area contributed by atoms with Gasteiger partial charge in [-0.25, -0.2) is 9.18 Å². The molecule has 366 valence electrons. The highest BCUT2D eigenvalue weighted by atomic mass is 19.2. The van der Waals surface area contributed by atoms with Gasteiger partial charge in [0, 0.05) is 58.5 Å². The van der Waals surface area contributed by atoms with Gasteiger partial charge in [0.1, 0.15) is 18.2 Å². The van der Waals surface area contributed by atoms with Crippen LogP contribution in [-0.2, 0) is 47.7 Å². The van der Waals surface area contributed by atoms with Crippen LogP contribution in [0, 0.1) is 35.5 Å². The number of methoxy groups -OCH3 is 3. The van der Waals surface area contributed by atoms with Crippen molar-refractivity contribution in [3.8, 4) is 0 Å². The monoisotopic (exact) mass is 916 g/mol. The molecular weight excluding hydrogens is 838 g/mol. The van der Waals surface area contributed by atoms with Crippen LogP contribution in [-0.4, -0.2) is 127 Å². The second-order valence-corrected chi connectivity index (χ2v) is 19.6. The molecule has 4 rings (SSSR count). The first kappa shape index (κ1) is 54.2. The minimum absolute atomic E-state index is 0.0102. The van der Waals surface area contributed by atoms with E-state index in [1.165, 1.54) is 7.11 Å². The van der Waals surface area contributed by atoms with E-state index in [9.17, 15) is 34.2 Å². The molecule has 0 radical (unpaired) electrons. The van der Waals surface area contributed by atoms with E-state index in [4.69, 9.17) is 23.7 Å². The number of aliphatic hydroxyl groups excluding tert-OH is 2. The first-order valence-electron chi connectivity index (χ1n) is 23.9. The minimum atomic E-state index is -2.93. The number of cyclic esters (lactones) is 1. The van der Waals surface area contributed by atoms with E-state index in [1.54, 1.807) is 41.1 Å². The molecule has 3 heterocycles. The third-order valence-corrected chi connectivity index (χ3v) is 14.4. The number of Topliss-reactive ketones (excluding diaryl/α,β-unsaturated/α-hetero) is 3. The van der Waals surface area contributed by atoms with Crippen LogP contribution in [0.2, 0.25) is 0 Å². The number of ketones is 3. The molecule has 1 amide bonds. The summed E-state index contributed by atoms with van der Waals surface area (Å²) in [4.78, 5) is 71.4. The second-order valence-electron chi connectivity index (χ2n) is 19.6. The molecule has 2 unspecified atom stereocenters. The van der Waals surface area contributed by atoms with Gasteiger partial charge >= 0.3 is 5.97 Å². The SMILES string of the molecule is COC1C(=O)[C@H](C)C[C@H](C)C=CC=CC=C(C)[C@@H](OC)C[C@@H]2CC[C@@H](C)[C@@](F)(O2)C(=O)C(=O)N2CCCC[C@H]2C(=O)O[C@H]([C@H](C)C[C@@H]2CC[C@@H](O)[C@H](OC)C2)CC(=O)C(C)=CC(C)[C@H]1O. The van der Waals surface area contributed by atoms with Crippen LogP contribution in [0.4, 0.5) is 4.39 Å². The first-order chi connectivity index (χ1) is 30.7. The van der Waals surface area contributed by atoms with E-state index in [2.05, 4.69) is 0 Å². The highest BCUT2D eigenvalue weighted by molar-refractivity contribution is 6.39. The van der Waals surface area contributed by atoms with Crippen LogP contribution >= 0.6 is 0 Å². The van der Waals surface area contributed by atoms with Gasteiger partial charge in [-0.2, -0.15) is 0 Å². The molecular formula is C51H78FNO12. The van der Waals surface area contributed by atoms with Gasteiger partial charge in [0.15, 0.2) is 11.6 Å². The van der Waals surface area contributed by atoms with Crippen molar-refractivity contribution in [2.45, 2.75) is 180 Å². The predicted molar refractivity (Wildman–Crippen MR) is 244 cm³/mol. The number of ether oxygens (including phenoxy) is 5. The maximum absolute atomic E-state index is 17.1. The summed E-state index contributed by atoms with van der Waals surface area (Å²) in [5.74, 6) is -9.13. The Hall–Kier alpha value is -3.40. The number of rotatable bonds is 6. The number of aliphatic hydroxyl groups is 2. The van der Waals surface area contributed by atoms with Crippen molar-refractivity contribution in [2.75, 3.05) is 27.9 Å². The number of esters is 1. The van der Waals surface area contributed by atoms with Gasteiger partial charge in [0.25, 0.3) is 17.5 Å². The summed E-state index contributed by atoms with van der Waals surface area (Å²) >= 11 is 0. The average Bonchev–Trinajstić information content (AvgIpc) is 3.28. The number of hydrogen-bond acceptors (Lipinski definition) is 12. The molecule has 14 heteroatoms. The molecule has 0 aromatic rings. The largest absolute Gasteiger partial charge is 0.460 e. The topological polar surface area (TPSA) is 175 Å². The fourth-order valence-corrected chi connectivity index (χ4v) is 10.1. The van der Waals surface area contributed by atoms with Gasteiger partial charge in [0.2, 0.25) is 0 Å². The predicted octanol–water partition coefficient (Wildman–Crippen LogP) is 7.16. The summed E-state index contributed by atoms with van der Waals surface area (Å²) in [5.41, 5.74) is 1.14. The van der Waals surface area contributed by atoms with Gasteiger partial charge in [-0.3, -0.25) is 19.2 Å².